The number of hydrogen-bond donors (Lipinski definition) is 1. The summed E-state index contributed by atoms with van der Waals surface area (Å²) in [6, 6.07) is 9.24. The Labute approximate surface area is 219 Å². The van der Waals surface area contributed by atoms with Crippen LogP contribution in [-0.2, 0) is 6.18 Å². The van der Waals surface area contributed by atoms with Crippen molar-refractivity contribution >= 4 is 5.91 Å². The van der Waals surface area contributed by atoms with Crippen molar-refractivity contribution in [3.63, 3.8) is 0 Å². The first-order chi connectivity index (χ1) is 17.4. The maximum atomic E-state index is 12.8. The van der Waals surface area contributed by atoms with Crippen LogP contribution in [0.15, 0.2) is 36.4 Å². The molecule has 2 aromatic rings. The SMILES string of the molecule is Cc1c(OCCNC(C)C(C)C)ccc(C(C)N2CCN(C(=O)c3ccc(C(F)(F)F)cc3)CC2)c1C. The zero-order valence-electron chi connectivity index (χ0n) is 22.8. The Hall–Kier alpha value is -2.58. The number of nitrogens with one attached hydrogen (secondary N) is 1. The lowest BCUT2D eigenvalue weighted by molar-refractivity contribution is -0.137. The van der Waals surface area contributed by atoms with Crippen molar-refractivity contribution in [1.82, 2.24) is 15.1 Å². The number of halogens is 3. The van der Waals surface area contributed by atoms with E-state index in [1.165, 1.54) is 23.3 Å². The summed E-state index contributed by atoms with van der Waals surface area (Å²) < 4.78 is 44.5. The molecule has 1 saturated heterocycles. The van der Waals surface area contributed by atoms with Crippen molar-refractivity contribution in [2.24, 2.45) is 5.92 Å². The normalized spacial score (nSPS) is 16.6. The molecule has 5 nitrogen and oxygen atoms in total. The molecule has 8 heteroatoms. The lowest BCUT2D eigenvalue weighted by Crippen LogP contribution is -2.49. The fourth-order valence-corrected chi connectivity index (χ4v) is 4.60. The number of piperazine rings is 1. The van der Waals surface area contributed by atoms with Crippen LogP contribution < -0.4 is 10.1 Å². The van der Waals surface area contributed by atoms with Crippen LogP contribution in [0.5, 0.6) is 5.75 Å². The molecule has 1 fully saturated rings. The minimum absolute atomic E-state index is 0.171. The van der Waals surface area contributed by atoms with Crippen molar-refractivity contribution in [2.75, 3.05) is 39.3 Å². The zero-order chi connectivity index (χ0) is 27.3. The number of alkyl halides is 3. The van der Waals surface area contributed by atoms with Crippen molar-refractivity contribution in [1.29, 1.82) is 0 Å². The van der Waals surface area contributed by atoms with Gasteiger partial charge in [-0.25, -0.2) is 0 Å². The molecule has 3 rings (SSSR count). The van der Waals surface area contributed by atoms with Crippen LogP contribution in [0.4, 0.5) is 13.2 Å². The first-order valence-electron chi connectivity index (χ1n) is 13.1. The van der Waals surface area contributed by atoms with Gasteiger partial charge in [0.2, 0.25) is 0 Å². The number of carbonyl (C=O) groups is 1. The van der Waals surface area contributed by atoms with Gasteiger partial charge in [0.1, 0.15) is 12.4 Å². The van der Waals surface area contributed by atoms with Crippen LogP contribution in [0.25, 0.3) is 0 Å². The number of amides is 1. The number of nitrogens with zero attached hydrogens (tertiary/aromatic N) is 2. The van der Waals surface area contributed by atoms with Crippen molar-refractivity contribution in [3.8, 4) is 5.75 Å². The van der Waals surface area contributed by atoms with E-state index >= 15 is 0 Å². The van der Waals surface area contributed by atoms with Crippen molar-refractivity contribution < 1.29 is 22.7 Å². The predicted molar refractivity (Wildman–Crippen MR) is 141 cm³/mol. The van der Waals surface area contributed by atoms with Crippen LogP contribution in [0.2, 0.25) is 0 Å². The van der Waals surface area contributed by atoms with Crippen molar-refractivity contribution in [3.05, 3.63) is 64.2 Å². The van der Waals surface area contributed by atoms with Crippen LogP contribution in [0.1, 0.15) is 66.3 Å². The third kappa shape index (κ3) is 7.26. The largest absolute Gasteiger partial charge is 0.492 e. The molecule has 1 amide bonds. The summed E-state index contributed by atoms with van der Waals surface area (Å²) in [5, 5.41) is 3.48. The summed E-state index contributed by atoms with van der Waals surface area (Å²) in [6.45, 7) is 16.8. The van der Waals surface area contributed by atoms with E-state index in [9.17, 15) is 18.0 Å². The van der Waals surface area contributed by atoms with E-state index in [-0.39, 0.29) is 17.5 Å². The fourth-order valence-electron chi connectivity index (χ4n) is 4.60. The topological polar surface area (TPSA) is 44.8 Å². The summed E-state index contributed by atoms with van der Waals surface area (Å²) in [4.78, 5) is 16.9. The number of rotatable bonds is 9. The van der Waals surface area contributed by atoms with Gasteiger partial charge in [-0.3, -0.25) is 9.69 Å². The van der Waals surface area contributed by atoms with Crippen LogP contribution in [-0.4, -0.2) is 61.1 Å². The summed E-state index contributed by atoms with van der Waals surface area (Å²) in [6.07, 6.45) is -4.41. The second-order valence-electron chi connectivity index (χ2n) is 10.3. The Bertz CT molecular complexity index is 1050. The Morgan fingerprint density at radius 2 is 1.57 bits per heavy atom. The van der Waals surface area contributed by atoms with Gasteiger partial charge >= 0.3 is 6.18 Å². The number of hydrogen-bond acceptors (Lipinski definition) is 4. The first-order valence-corrected chi connectivity index (χ1v) is 13.1. The van der Waals surface area contributed by atoms with Gasteiger partial charge in [0.15, 0.2) is 0 Å². The summed E-state index contributed by atoms with van der Waals surface area (Å²) in [5.41, 5.74) is 3.11. The van der Waals surface area contributed by atoms with Gasteiger partial charge in [-0.05, 0) is 80.6 Å². The molecule has 2 unspecified atom stereocenters. The Balaban J connectivity index is 1.55. The average Bonchev–Trinajstić information content (AvgIpc) is 2.87. The zero-order valence-corrected chi connectivity index (χ0v) is 22.8. The molecule has 2 aromatic carbocycles. The minimum Gasteiger partial charge on any atom is -0.492 e. The second kappa shape index (κ2) is 12.3. The molecular weight excluding hydrogens is 479 g/mol. The maximum absolute atomic E-state index is 12.8. The van der Waals surface area contributed by atoms with Gasteiger partial charge in [-0.2, -0.15) is 13.2 Å². The van der Waals surface area contributed by atoms with Gasteiger partial charge < -0.3 is 15.0 Å². The standard InChI is InChI=1S/C29H40F3N3O2/c1-19(2)22(5)33-13-18-37-27-12-11-26(20(3)21(27)4)23(6)34-14-16-35(17-15-34)28(36)24-7-9-25(10-8-24)29(30,31)32/h7-12,19,22-23,33H,13-18H2,1-6H3. The van der Waals surface area contributed by atoms with E-state index < -0.39 is 11.7 Å². The second-order valence-corrected chi connectivity index (χ2v) is 10.3. The predicted octanol–water partition coefficient (Wildman–Crippen LogP) is 5.85. The average molecular weight is 520 g/mol. The molecule has 0 spiro atoms. The monoisotopic (exact) mass is 519 g/mol. The molecule has 1 aliphatic heterocycles. The van der Waals surface area contributed by atoms with E-state index in [0.29, 0.717) is 44.7 Å². The first kappa shape index (κ1) is 29.0. The molecule has 1 heterocycles. The lowest BCUT2D eigenvalue weighted by atomic mass is 9.96. The molecule has 0 aromatic heterocycles. The van der Waals surface area contributed by atoms with Crippen LogP contribution >= 0.6 is 0 Å². The lowest BCUT2D eigenvalue weighted by Gasteiger charge is -2.39. The maximum Gasteiger partial charge on any atom is 0.416 e. The number of ether oxygens (including phenoxy) is 1. The molecular formula is C29H40F3N3O2. The van der Waals surface area contributed by atoms with E-state index in [4.69, 9.17) is 4.74 Å². The Morgan fingerprint density at radius 1 is 0.946 bits per heavy atom. The molecule has 1 N–H and O–H groups in total. The van der Waals surface area contributed by atoms with Gasteiger partial charge in [-0.1, -0.05) is 19.9 Å². The van der Waals surface area contributed by atoms with E-state index in [1.807, 2.05) is 6.07 Å². The summed E-state index contributed by atoms with van der Waals surface area (Å²) >= 11 is 0. The summed E-state index contributed by atoms with van der Waals surface area (Å²) in [7, 11) is 0. The highest BCUT2D eigenvalue weighted by Gasteiger charge is 2.31. The van der Waals surface area contributed by atoms with Gasteiger partial charge in [0.05, 0.1) is 5.56 Å². The smallest absolute Gasteiger partial charge is 0.416 e. The molecule has 0 aliphatic carbocycles. The highest BCUT2D eigenvalue weighted by Crippen LogP contribution is 2.32. The van der Waals surface area contributed by atoms with Gasteiger partial charge in [-0.15, -0.1) is 0 Å². The fraction of sp³-hybridized carbons (Fsp3) is 0.552. The molecule has 0 saturated carbocycles. The van der Waals surface area contributed by atoms with Crippen molar-refractivity contribution in [2.45, 2.75) is 59.8 Å². The highest BCUT2D eigenvalue weighted by atomic mass is 19.4. The molecule has 0 bridgehead atoms. The molecule has 1 aliphatic rings. The van der Waals surface area contributed by atoms with Crippen LogP contribution in [0.3, 0.4) is 0 Å². The van der Waals surface area contributed by atoms with Gasteiger partial charge in [0, 0.05) is 50.4 Å². The molecule has 37 heavy (non-hydrogen) atoms. The Kier molecular flexibility index (Phi) is 9.64. The van der Waals surface area contributed by atoms with Crippen LogP contribution in [0, 0.1) is 19.8 Å². The van der Waals surface area contributed by atoms with E-state index in [1.54, 1.807) is 4.90 Å². The molecule has 204 valence electrons. The number of carbonyl (C=O) groups excluding carboxylic acids is 1. The molecule has 2 atom stereocenters. The quantitative estimate of drug-likeness (QED) is 0.422. The van der Waals surface area contributed by atoms with Gasteiger partial charge in [0.25, 0.3) is 5.91 Å². The van der Waals surface area contributed by atoms with E-state index in [0.717, 1.165) is 30.0 Å². The summed E-state index contributed by atoms with van der Waals surface area (Å²) in [5.74, 6) is 1.25. The van der Waals surface area contributed by atoms with E-state index in [2.05, 4.69) is 57.8 Å². The minimum atomic E-state index is -4.41. The Morgan fingerprint density at radius 3 is 2.14 bits per heavy atom. The highest BCUT2D eigenvalue weighted by molar-refractivity contribution is 5.94. The third-order valence-corrected chi connectivity index (χ3v) is 7.66. The third-order valence-electron chi connectivity index (χ3n) is 7.66. The molecule has 0 radical (unpaired) electrons. The number of benzene rings is 2.